The molecule has 0 unspecified atom stereocenters. The summed E-state index contributed by atoms with van der Waals surface area (Å²) in [5.74, 6) is -12.6. The van der Waals surface area contributed by atoms with E-state index in [2.05, 4.69) is 26.6 Å². The van der Waals surface area contributed by atoms with E-state index in [1.165, 1.54) is 14.0 Å². The Hall–Kier alpha value is -7.72. The maximum atomic E-state index is 12.6. The van der Waals surface area contributed by atoms with Gasteiger partial charge in [0, 0.05) is 64.5 Å². The number of likely N-dealkylation sites (N-methyl/N-ethyl adjacent to an activating group) is 2. The van der Waals surface area contributed by atoms with Crippen molar-refractivity contribution in [3.8, 4) is 0 Å². The zero-order chi connectivity index (χ0) is 55.3. The first-order chi connectivity index (χ1) is 33.7. The Morgan fingerprint density at radius 1 is 0.375 bits per heavy atom. The summed E-state index contributed by atoms with van der Waals surface area (Å²) in [4.78, 5) is 191. The summed E-state index contributed by atoms with van der Waals surface area (Å²) in [6.07, 6.45) is -0.967. The standard InChI is InChI=1S/C31H46N6O15.C12H21N3O5/c1-20(38)5-9-26(44)35(17-29(47)48)14-22(40)4-3-11-33-25(43)16-37(19-31(51)52)28(46)13-34-24(42)8-6-23(41)15-36(18-30(49)50)27(45)10-7-21(39)12-32-2;1-3-5-9(16)14-6-11(18)15(8-12(19)20)7-10(17)13-4-2/h32H,3-19H2,1-2H3,(H,33,43)(H,34,42)(H,47,48)(H,49,50)(H,51,52);3-8H2,1-2H3,(H,13,17)(H,14,16)(H,19,20). The number of aliphatic carboxylic acids is 4. The molecule has 0 heterocycles. The Kier molecular flexibility index (Phi) is 35.1. The van der Waals surface area contributed by atoms with Crippen LogP contribution in [0.4, 0.5) is 0 Å². The monoisotopic (exact) mass is 1030 g/mol. The number of ketones is 4. The van der Waals surface area contributed by atoms with Crippen LogP contribution in [0.15, 0.2) is 0 Å². The second-order valence-corrected chi connectivity index (χ2v) is 15.6. The lowest BCUT2D eigenvalue weighted by Crippen LogP contribution is -2.47. The number of nitrogens with one attached hydrogen (secondary N) is 5. The number of nitrogens with zero attached hydrogens (tertiary/aromatic N) is 4. The molecule has 0 atom stereocenters. The van der Waals surface area contributed by atoms with E-state index in [0.29, 0.717) is 24.3 Å². The number of hydrogen-bond acceptors (Lipinski definition) is 17. The van der Waals surface area contributed by atoms with Crippen LogP contribution in [-0.4, -0.2) is 226 Å². The van der Waals surface area contributed by atoms with Crippen LogP contribution in [0.1, 0.15) is 85.0 Å². The molecule has 404 valence electrons. The van der Waals surface area contributed by atoms with Crippen molar-refractivity contribution in [1.29, 1.82) is 0 Å². The first-order valence-electron chi connectivity index (χ1n) is 22.5. The van der Waals surface area contributed by atoms with E-state index >= 15 is 0 Å². The van der Waals surface area contributed by atoms with Crippen molar-refractivity contribution in [2.24, 2.45) is 0 Å². The average Bonchev–Trinajstić information content (AvgIpc) is 3.28. The van der Waals surface area contributed by atoms with Crippen LogP contribution in [0.5, 0.6) is 0 Å². The van der Waals surface area contributed by atoms with Crippen LogP contribution < -0.4 is 26.6 Å². The van der Waals surface area contributed by atoms with Gasteiger partial charge in [-0.2, -0.15) is 0 Å². The predicted octanol–water partition coefficient (Wildman–Crippen LogP) is -4.45. The molecule has 9 N–H and O–H groups in total. The molecule has 0 aliphatic carbocycles. The molecule has 0 rings (SSSR count). The third-order valence-corrected chi connectivity index (χ3v) is 9.11. The van der Waals surface area contributed by atoms with Crippen LogP contribution >= 0.6 is 0 Å². The molecule has 0 fully saturated rings. The van der Waals surface area contributed by atoms with Gasteiger partial charge in [-0.1, -0.05) is 6.92 Å². The van der Waals surface area contributed by atoms with Gasteiger partial charge in [0.1, 0.15) is 50.8 Å². The Morgan fingerprint density at radius 3 is 1.17 bits per heavy atom. The van der Waals surface area contributed by atoms with Gasteiger partial charge in [-0.15, -0.1) is 0 Å². The van der Waals surface area contributed by atoms with Crippen molar-refractivity contribution in [2.75, 3.05) is 92.1 Å². The average molecular weight is 1030 g/mol. The van der Waals surface area contributed by atoms with Gasteiger partial charge in [0.25, 0.3) is 0 Å². The summed E-state index contributed by atoms with van der Waals surface area (Å²) in [7, 11) is 1.53. The van der Waals surface area contributed by atoms with E-state index in [0.717, 1.165) is 14.7 Å². The van der Waals surface area contributed by atoms with Crippen LogP contribution in [0, 0.1) is 0 Å². The van der Waals surface area contributed by atoms with Gasteiger partial charge in [0.2, 0.25) is 47.3 Å². The Morgan fingerprint density at radius 2 is 0.764 bits per heavy atom. The normalized spacial score (nSPS) is 10.2. The van der Waals surface area contributed by atoms with Crippen LogP contribution in [-0.2, 0) is 76.7 Å². The summed E-state index contributed by atoms with van der Waals surface area (Å²) >= 11 is 0. The fourth-order valence-corrected chi connectivity index (χ4v) is 5.69. The minimum absolute atomic E-state index is 0.00433. The van der Waals surface area contributed by atoms with Gasteiger partial charge in [-0.25, -0.2) is 0 Å². The van der Waals surface area contributed by atoms with Crippen LogP contribution in [0.2, 0.25) is 0 Å². The molecule has 0 spiro atoms. The molecule has 0 aromatic rings. The molecule has 29 heteroatoms. The second-order valence-electron chi connectivity index (χ2n) is 15.6. The number of carboxylic acid groups (broad SMARTS) is 4. The molecule has 72 heavy (non-hydrogen) atoms. The van der Waals surface area contributed by atoms with Gasteiger partial charge in [-0.3, -0.25) is 71.9 Å². The quantitative estimate of drug-likeness (QED) is 0.0263. The summed E-state index contributed by atoms with van der Waals surface area (Å²) in [5, 5.41) is 48.0. The lowest BCUT2D eigenvalue weighted by Gasteiger charge is -2.21. The second kappa shape index (κ2) is 38.1. The molecule has 0 saturated carbocycles. The van der Waals surface area contributed by atoms with E-state index in [1.54, 1.807) is 6.92 Å². The third-order valence-electron chi connectivity index (χ3n) is 9.11. The summed E-state index contributed by atoms with van der Waals surface area (Å²) < 4.78 is 0. The lowest BCUT2D eigenvalue weighted by molar-refractivity contribution is -0.146. The summed E-state index contributed by atoms with van der Waals surface area (Å²) in [5.41, 5.74) is 0. The molecular formula is C43H67N9O20. The molecule has 0 aromatic carbocycles. The minimum Gasteiger partial charge on any atom is -0.480 e. The fourth-order valence-electron chi connectivity index (χ4n) is 5.69. The number of rotatable bonds is 38. The number of Topliss-reactive ketones (excluding diaryl/α,β-unsaturated/α-hetero) is 4. The highest BCUT2D eigenvalue weighted by molar-refractivity contribution is 5.94. The van der Waals surface area contributed by atoms with Gasteiger partial charge < -0.3 is 71.4 Å². The predicted molar refractivity (Wildman–Crippen MR) is 246 cm³/mol. The van der Waals surface area contributed by atoms with Gasteiger partial charge >= 0.3 is 23.9 Å². The topological polar surface area (TPSA) is 427 Å². The lowest BCUT2D eigenvalue weighted by atomic mass is 10.1. The Balaban J connectivity index is 0. The first kappa shape index (κ1) is 66.4. The molecule has 0 radical (unpaired) electrons. The number of amides is 8. The maximum absolute atomic E-state index is 12.6. The van der Waals surface area contributed by atoms with E-state index in [4.69, 9.17) is 20.4 Å². The Labute approximate surface area is 414 Å². The first-order valence-corrected chi connectivity index (χ1v) is 22.5. The number of carboxylic acids is 4. The van der Waals surface area contributed by atoms with Crippen LogP contribution in [0.3, 0.4) is 0 Å². The van der Waals surface area contributed by atoms with Crippen molar-refractivity contribution in [3.63, 3.8) is 0 Å². The molecule has 0 bridgehead atoms. The molecule has 0 aliphatic heterocycles. The molecule has 0 aromatic heterocycles. The van der Waals surface area contributed by atoms with E-state index < -0.39 is 142 Å². The SMILES string of the molecule is CCCC(=O)NCC(=O)N(CC(=O)O)CC(=O)NCC.CNCC(=O)CCC(=O)N(CC(=O)O)CC(=O)CCC(=O)NCC(=O)N(CC(=O)O)CC(=O)NCCCC(=O)CN(CC(=O)O)C(=O)CCC(C)=O. The smallest absolute Gasteiger partial charge is 0.323 e. The molecule has 8 amide bonds. The zero-order valence-corrected chi connectivity index (χ0v) is 40.9. The van der Waals surface area contributed by atoms with Gasteiger partial charge in [0.05, 0.1) is 32.7 Å². The summed E-state index contributed by atoms with van der Waals surface area (Å²) in [6, 6.07) is 0. The number of carbonyl (C=O) groups is 16. The summed E-state index contributed by atoms with van der Waals surface area (Å²) in [6.45, 7) is -1.27. The molecule has 29 nitrogen and oxygen atoms in total. The zero-order valence-electron chi connectivity index (χ0n) is 40.9. The minimum atomic E-state index is -1.47. The molecular weight excluding hydrogens is 963 g/mol. The van der Waals surface area contributed by atoms with E-state index in [9.17, 15) is 76.7 Å². The van der Waals surface area contributed by atoms with E-state index in [-0.39, 0.29) is 82.2 Å². The highest BCUT2D eigenvalue weighted by Gasteiger charge is 2.25. The van der Waals surface area contributed by atoms with Crippen LogP contribution in [0.25, 0.3) is 0 Å². The number of hydrogen-bond donors (Lipinski definition) is 9. The van der Waals surface area contributed by atoms with Gasteiger partial charge in [-0.05, 0) is 33.7 Å². The highest BCUT2D eigenvalue weighted by atomic mass is 16.4. The van der Waals surface area contributed by atoms with Crippen molar-refractivity contribution in [3.05, 3.63) is 0 Å². The largest absolute Gasteiger partial charge is 0.480 e. The number of carbonyl (C=O) groups excluding carboxylic acids is 12. The maximum Gasteiger partial charge on any atom is 0.323 e. The van der Waals surface area contributed by atoms with E-state index in [1.807, 2.05) is 6.92 Å². The van der Waals surface area contributed by atoms with Crippen molar-refractivity contribution < 1.29 is 97.1 Å². The Bertz CT molecular complexity index is 1960. The van der Waals surface area contributed by atoms with Crippen molar-refractivity contribution in [1.82, 2.24) is 46.2 Å². The van der Waals surface area contributed by atoms with Crippen molar-refractivity contribution in [2.45, 2.75) is 85.0 Å². The highest BCUT2D eigenvalue weighted by Crippen LogP contribution is 2.04. The third kappa shape index (κ3) is 35.4. The van der Waals surface area contributed by atoms with Gasteiger partial charge in [0.15, 0.2) is 11.6 Å². The molecule has 0 saturated heterocycles. The van der Waals surface area contributed by atoms with Crippen molar-refractivity contribution >= 4 is 94.3 Å². The fraction of sp³-hybridized carbons (Fsp3) is 0.628. The molecule has 0 aliphatic rings.